The third-order valence-corrected chi connectivity index (χ3v) is 3.88. The summed E-state index contributed by atoms with van der Waals surface area (Å²) >= 11 is 3.91. The maximum absolute atomic E-state index is 12.2. The molecular weight excluding hydrogens is 344 g/mol. The first-order valence-electron chi connectivity index (χ1n) is 7.54. The number of nitrogens with one attached hydrogen (secondary N) is 1. The molecule has 2 rings (SSSR count). The lowest BCUT2D eigenvalue weighted by molar-refractivity contribution is -0.138. The molecule has 3 N–H and O–H groups in total. The largest absolute Gasteiger partial charge is 0.480 e. The minimum atomic E-state index is -1.15. The summed E-state index contributed by atoms with van der Waals surface area (Å²) in [5.74, 6) is -1.70. The molecule has 0 aliphatic carbocycles. The highest BCUT2D eigenvalue weighted by Gasteiger charge is 2.23. The van der Waals surface area contributed by atoms with E-state index in [1.807, 2.05) is 20.8 Å². The molecule has 9 heteroatoms. The van der Waals surface area contributed by atoms with Crippen LogP contribution in [-0.2, 0) is 4.79 Å². The van der Waals surface area contributed by atoms with Crippen LogP contribution in [0.2, 0.25) is 0 Å². The standard InChI is InChI=1S/C16H20N4O4S/c1-16(2,3)20(24)7-12-10-5-4-9(6-11(10)18-19-12)14(21)17-13(8-25)15(22)23/h4-7,13,24-25H,8H2,1-3H3,(H,17,21)(H,22,23)/b12-7+. The Balaban J connectivity index is 2.22. The number of carbonyl (C=O) groups is 2. The third-order valence-electron chi connectivity index (χ3n) is 3.52. The molecule has 25 heavy (non-hydrogen) atoms. The Labute approximate surface area is 150 Å². The molecule has 0 radical (unpaired) electrons. The van der Waals surface area contributed by atoms with Gasteiger partial charge in [0.25, 0.3) is 5.91 Å². The number of hydrogen-bond acceptors (Lipinski definition) is 7. The van der Waals surface area contributed by atoms with Gasteiger partial charge < -0.3 is 10.4 Å². The molecule has 8 nitrogen and oxygen atoms in total. The van der Waals surface area contributed by atoms with Gasteiger partial charge in [0.1, 0.15) is 11.7 Å². The SMILES string of the molecule is CC(C)(C)N(O)/C=C1/N=Nc2cc(C(=O)NC(CS)C(=O)O)ccc21. The van der Waals surface area contributed by atoms with Gasteiger partial charge in [-0.2, -0.15) is 12.6 Å². The number of aliphatic carboxylic acids is 1. The maximum Gasteiger partial charge on any atom is 0.327 e. The monoisotopic (exact) mass is 364 g/mol. The van der Waals surface area contributed by atoms with Gasteiger partial charge in [-0.3, -0.25) is 15.1 Å². The summed E-state index contributed by atoms with van der Waals surface area (Å²) in [5, 5.41) is 30.4. The molecule has 1 aromatic carbocycles. The zero-order valence-electron chi connectivity index (χ0n) is 14.1. The second-order valence-electron chi connectivity index (χ2n) is 6.51. The Hall–Kier alpha value is -2.39. The highest BCUT2D eigenvalue weighted by atomic mass is 32.1. The highest BCUT2D eigenvalue weighted by Crippen LogP contribution is 2.36. The first kappa shape index (κ1) is 18.9. The molecule has 0 saturated heterocycles. The van der Waals surface area contributed by atoms with E-state index in [0.717, 1.165) is 5.06 Å². The van der Waals surface area contributed by atoms with Crippen molar-refractivity contribution >= 4 is 35.9 Å². The van der Waals surface area contributed by atoms with Crippen molar-refractivity contribution in [2.24, 2.45) is 10.2 Å². The molecule has 0 saturated carbocycles. The molecule has 1 aliphatic heterocycles. The summed E-state index contributed by atoms with van der Waals surface area (Å²) in [7, 11) is 0. The van der Waals surface area contributed by atoms with Crippen LogP contribution in [-0.4, -0.2) is 44.6 Å². The van der Waals surface area contributed by atoms with Crippen molar-refractivity contribution in [3.05, 3.63) is 35.5 Å². The van der Waals surface area contributed by atoms with Gasteiger partial charge in [0.2, 0.25) is 0 Å². The molecule has 0 aromatic heterocycles. The van der Waals surface area contributed by atoms with Crippen molar-refractivity contribution in [1.82, 2.24) is 10.4 Å². The predicted molar refractivity (Wildman–Crippen MR) is 95.1 cm³/mol. The van der Waals surface area contributed by atoms with E-state index < -0.39 is 23.5 Å². The van der Waals surface area contributed by atoms with Gasteiger partial charge in [0.15, 0.2) is 0 Å². The summed E-state index contributed by atoms with van der Waals surface area (Å²) in [6.45, 7) is 5.51. The summed E-state index contributed by atoms with van der Waals surface area (Å²) in [6, 6.07) is 3.65. The van der Waals surface area contributed by atoms with Gasteiger partial charge in [-0.25, -0.2) is 4.79 Å². The Bertz CT molecular complexity index is 755. The topological polar surface area (TPSA) is 115 Å². The smallest absolute Gasteiger partial charge is 0.327 e. The van der Waals surface area contributed by atoms with Crippen molar-refractivity contribution in [2.45, 2.75) is 32.4 Å². The number of amides is 1. The normalized spacial score (nSPS) is 15.8. The summed E-state index contributed by atoms with van der Waals surface area (Å²) < 4.78 is 0. The zero-order chi connectivity index (χ0) is 18.8. The number of carboxylic acids is 1. The van der Waals surface area contributed by atoms with E-state index in [2.05, 4.69) is 28.2 Å². The minimum absolute atomic E-state index is 0.0161. The van der Waals surface area contributed by atoms with Gasteiger partial charge in [0, 0.05) is 16.9 Å². The Morgan fingerprint density at radius 3 is 2.60 bits per heavy atom. The maximum atomic E-state index is 12.2. The van der Waals surface area contributed by atoms with Crippen LogP contribution in [0.1, 0.15) is 36.7 Å². The van der Waals surface area contributed by atoms with Crippen molar-refractivity contribution in [3.8, 4) is 0 Å². The number of carbonyl (C=O) groups excluding carboxylic acids is 1. The number of fused-ring (bicyclic) bond motifs is 1. The molecule has 0 bridgehead atoms. The number of rotatable bonds is 5. The second-order valence-corrected chi connectivity index (χ2v) is 6.87. The molecule has 0 spiro atoms. The van der Waals surface area contributed by atoms with E-state index in [1.54, 1.807) is 12.1 Å². The molecule has 0 fully saturated rings. The fourth-order valence-electron chi connectivity index (χ4n) is 1.97. The molecule has 1 heterocycles. The number of benzene rings is 1. The van der Waals surface area contributed by atoms with Crippen molar-refractivity contribution < 1.29 is 19.9 Å². The van der Waals surface area contributed by atoms with Crippen molar-refractivity contribution in [1.29, 1.82) is 0 Å². The van der Waals surface area contributed by atoms with Crippen LogP contribution in [0.4, 0.5) is 5.69 Å². The van der Waals surface area contributed by atoms with Crippen LogP contribution in [0.5, 0.6) is 0 Å². The van der Waals surface area contributed by atoms with Gasteiger partial charge in [0.05, 0.1) is 17.4 Å². The van der Waals surface area contributed by atoms with E-state index in [-0.39, 0.29) is 11.3 Å². The first-order valence-corrected chi connectivity index (χ1v) is 8.17. The van der Waals surface area contributed by atoms with E-state index >= 15 is 0 Å². The van der Waals surface area contributed by atoms with Gasteiger partial charge in [-0.1, -0.05) is 0 Å². The molecule has 1 amide bonds. The fourth-order valence-corrected chi connectivity index (χ4v) is 2.21. The molecule has 1 aromatic rings. The fraction of sp³-hybridized carbons (Fsp3) is 0.375. The van der Waals surface area contributed by atoms with Crippen LogP contribution in [0.15, 0.2) is 34.6 Å². The number of hydroxylamine groups is 2. The minimum Gasteiger partial charge on any atom is -0.480 e. The Morgan fingerprint density at radius 1 is 1.36 bits per heavy atom. The Kier molecular flexibility index (Phi) is 5.48. The summed E-state index contributed by atoms with van der Waals surface area (Å²) in [4.78, 5) is 23.1. The average molecular weight is 364 g/mol. The predicted octanol–water partition coefficient (Wildman–Crippen LogP) is 2.68. The lowest BCUT2D eigenvalue weighted by Crippen LogP contribution is -2.42. The third kappa shape index (κ3) is 4.37. The molecule has 134 valence electrons. The zero-order valence-corrected chi connectivity index (χ0v) is 15.0. The van der Waals surface area contributed by atoms with E-state index in [1.165, 1.54) is 12.3 Å². The van der Waals surface area contributed by atoms with Crippen LogP contribution in [0, 0.1) is 0 Å². The number of thiol groups is 1. The van der Waals surface area contributed by atoms with Gasteiger partial charge in [-0.05, 0) is 39.0 Å². The lowest BCUT2D eigenvalue weighted by Gasteiger charge is -2.28. The van der Waals surface area contributed by atoms with Gasteiger partial charge >= 0.3 is 5.97 Å². The van der Waals surface area contributed by atoms with E-state index in [4.69, 9.17) is 5.11 Å². The van der Waals surface area contributed by atoms with E-state index in [0.29, 0.717) is 16.9 Å². The number of hydrogen-bond donors (Lipinski definition) is 4. The average Bonchev–Trinajstić information content (AvgIpc) is 2.93. The lowest BCUT2D eigenvalue weighted by atomic mass is 10.1. The number of carboxylic acid groups (broad SMARTS) is 1. The van der Waals surface area contributed by atoms with Crippen molar-refractivity contribution in [3.63, 3.8) is 0 Å². The second kappa shape index (κ2) is 7.24. The quantitative estimate of drug-likeness (QED) is 0.474. The molecule has 1 aliphatic rings. The van der Waals surface area contributed by atoms with E-state index in [9.17, 15) is 14.8 Å². The molecule has 1 atom stereocenters. The van der Waals surface area contributed by atoms with Crippen LogP contribution >= 0.6 is 12.6 Å². The summed E-state index contributed by atoms with van der Waals surface area (Å²) in [5.41, 5.74) is 1.38. The number of nitrogens with zero attached hydrogens (tertiary/aromatic N) is 3. The first-order chi connectivity index (χ1) is 11.6. The van der Waals surface area contributed by atoms with Crippen LogP contribution in [0.3, 0.4) is 0 Å². The van der Waals surface area contributed by atoms with Crippen LogP contribution in [0.25, 0.3) is 5.70 Å². The van der Waals surface area contributed by atoms with Crippen LogP contribution < -0.4 is 5.32 Å². The molecule has 1 unspecified atom stereocenters. The number of azo groups is 1. The summed E-state index contributed by atoms with van der Waals surface area (Å²) in [6.07, 6.45) is 1.47. The van der Waals surface area contributed by atoms with Crippen molar-refractivity contribution in [2.75, 3.05) is 5.75 Å². The molecular formula is C16H20N4O4S. The van der Waals surface area contributed by atoms with Gasteiger partial charge in [-0.15, -0.1) is 10.2 Å². The Morgan fingerprint density at radius 2 is 2.04 bits per heavy atom. The highest BCUT2D eigenvalue weighted by molar-refractivity contribution is 7.80.